The summed E-state index contributed by atoms with van der Waals surface area (Å²) in [5.41, 5.74) is 3.81. The molecule has 2 unspecified atom stereocenters. The third-order valence-corrected chi connectivity index (χ3v) is 7.03. The molecule has 15 heavy (non-hydrogen) atoms. The van der Waals surface area contributed by atoms with Gasteiger partial charge < -0.3 is 0 Å². The van der Waals surface area contributed by atoms with Crippen LogP contribution in [-0.2, 0) is 0 Å². The van der Waals surface area contributed by atoms with Gasteiger partial charge in [0.1, 0.15) is 0 Å². The van der Waals surface area contributed by atoms with E-state index in [0.29, 0.717) is 5.92 Å². The van der Waals surface area contributed by atoms with Crippen molar-refractivity contribution in [2.24, 2.45) is 0 Å². The quantitative estimate of drug-likeness (QED) is 0.640. The Morgan fingerprint density at radius 3 is 2.00 bits per heavy atom. The molecule has 0 radical (unpaired) electrons. The highest BCUT2D eigenvalue weighted by molar-refractivity contribution is 6.77. The molecule has 1 heteroatoms. The van der Waals surface area contributed by atoms with Gasteiger partial charge in [0.05, 0.1) is 0 Å². The lowest BCUT2D eigenvalue weighted by atomic mass is 9.94. The van der Waals surface area contributed by atoms with Gasteiger partial charge in [-0.3, -0.25) is 0 Å². The van der Waals surface area contributed by atoms with Gasteiger partial charge in [-0.25, -0.2) is 0 Å². The standard InChI is InChI=1S/C14H24Si/c1-11-9-7-8-10-14(11)12(2)13(3)15(4,5)6/h7-10,12-13H,1-6H3. The SMILES string of the molecule is Cc1ccccc1C(C)C(C)[Si](C)(C)C. The third-order valence-electron chi connectivity index (χ3n) is 3.80. The summed E-state index contributed by atoms with van der Waals surface area (Å²) in [6.45, 7) is 14.4. The van der Waals surface area contributed by atoms with Gasteiger partial charge in [-0.2, -0.15) is 0 Å². The van der Waals surface area contributed by atoms with E-state index in [0.717, 1.165) is 5.54 Å². The zero-order chi connectivity index (χ0) is 11.6. The van der Waals surface area contributed by atoms with Crippen LogP contribution in [0.2, 0.25) is 25.2 Å². The normalized spacial score (nSPS) is 16.1. The first-order chi connectivity index (χ1) is 6.84. The molecular weight excluding hydrogens is 196 g/mol. The van der Waals surface area contributed by atoms with Gasteiger partial charge in [0.2, 0.25) is 0 Å². The topological polar surface area (TPSA) is 0 Å². The summed E-state index contributed by atoms with van der Waals surface area (Å²) in [7, 11) is -1.03. The fourth-order valence-corrected chi connectivity index (χ4v) is 3.80. The molecule has 0 saturated carbocycles. The Balaban J connectivity index is 2.95. The van der Waals surface area contributed by atoms with E-state index in [1.54, 1.807) is 0 Å². The van der Waals surface area contributed by atoms with Crippen molar-refractivity contribution in [3.05, 3.63) is 35.4 Å². The molecule has 1 rings (SSSR count). The van der Waals surface area contributed by atoms with Crippen LogP contribution in [0.5, 0.6) is 0 Å². The monoisotopic (exact) mass is 220 g/mol. The molecule has 0 aromatic heterocycles. The van der Waals surface area contributed by atoms with Gasteiger partial charge in [-0.05, 0) is 29.5 Å². The molecule has 1 aromatic carbocycles. The van der Waals surface area contributed by atoms with Crippen LogP contribution in [-0.4, -0.2) is 8.07 Å². The third kappa shape index (κ3) is 2.94. The van der Waals surface area contributed by atoms with E-state index in [4.69, 9.17) is 0 Å². The fourth-order valence-electron chi connectivity index (χ4n) is 2.12. The van der Waals surface area contributed by atoms with E-state index in [1.807, 2.05) is 0 Å². The number of aryl methyl sites for hydroxylation is 1. The van der Waals surface area contributed by atoms with E-state index in [1.165, 1.54) is 11.1 Å². The predicted molar refractivity (Wildman–Crippen MR) is 72.4 cm³/mol. The highest BCUT2D eigenvalue weighted by Gasteiger charge is 2.28. The number of hydrogen-bond acceptors (Lipinski definition) is 0. The van der Waals surface area contributed by atoms with Crippen LogP contribution in [0.1, 0.15) is 30.9 Å². The summed E-state index contributed by atoms with van der Waals surface area (Å²) in [6, 6.07) is 8.81. The highest BCUT2D eigenvalue weighted by Crippen LogP contribution is 2.37. The van der Waals surface area contributed by atoms with E-state index in [-0.39, 0.29) is 0 Å². The molecule has 2 atom stereocenters. The zero-order valence-corrected chi connectivity index (χ0v) is 12.0. The Morgan fingerprint density at radius 1 is 1.00 bits per heavy atom. The first-order valence-corrected chi connectivity index (χ1v) is 9.47. The maximum Gasteiger partial charge on any atom is 0.0477 e. The molecule has 0 fully saturated rings. The Morgan fingerprint density at radius 2 is 1.53 bits per heavy atom. The second kappa shape index (κ2) is 4.52. The molecule has 0 saturated heterocycles. The minimum atomic E-state index is -1.03. The van der Waals surface area contributed by atoms with Crippen molar-refractivity contribution < 1.29 is 0 Å². The molecule has 0 aliphatic carbocycles. The lowest BCUT2D eigenvalue weighted by Gasteiger charge is -2.31. The minimum Gasteiger partial charge on any atom is -0.0693 e. The Kier molecular flexibility index (Phi) is 3.77. The second-order valence-electron chi connectivity index (χ2n) is 5.80. The summed E-state index contributed by atoms with van der Waals surface area (Å²) in [4.78, 5) is 0. The molecule has 84 valence electrons. The second-order valence-corrected chi connectivity index (χ2v) is 11.4. The molecule has 0 amide bonds. The summed E-state index contributed by atoms with van der Waals surface area (Å²) < 4.78 is 0. The van der Waals surface area contributed by atoms with Crippen LogP contribution >= 0.6 is 0 Å². The Hall–Kier alpha value is -0.563. The highest BCUT2D eigenvalue weighted by atomic mass is 28.3. The van der Waals surface area contributed by atoms with Crippen molar-refractivity contribution in [3.63, 3.8) is 0 Å². The van der Waals surface area contributed by atoms with Crippen LogP contribution < -0.4 is 0 Å². The van der Waals surface area contributed by atoms with Crippen LogP contribution in [0.25, 0.3) is 0 Å². The summed E-state index contributed by atoms with van der Waals surface area (Å²) in [5.74, 6) is 0.692. The van der Waals surface area contributed by atoms with Crippen LogP contribution in [0, 0.1) is 6.92 Å². The molecule has 0 heterocycles. The predicted octanol–water partition coefficient (Wildman–Crippen LogP) is 4.83. The largest absolute Gasteiger partial charge is 0.0693 e. The molecule has 0 aliphatic rings. The smallest absolute Gasteiger partial charge is 0.0477 e. The van der Waals surface area contributed by atoms with Crippen LogP contribution in [0.3, 0.4) is 0 Å². The molecular formula is C14H24Si. The van der Waals surface area contributed by atoms with Gasteiger partial charge in [0, 0.05) is 8.07 Å². The average molecular weight is 220 g/mol. The summed E-state index contributed by atoms with van der Waals surface area (Å²) in [5, 5.41) is 0. The van der Waals surface area contributed by atoms with Crippen molar-refractivity contribution in [1.29, 1.82) is 0 Å². The molecule has 0 nitrogen and oxygen atoms in total. The lowest BCUT2D eigenvalue weighted by molar-refractivity contribution is 0.703. The van der Waals surface area contributed by atoms with Gasteiger partial charge in [-0.1, -0.05) is 57.8 Å². The van der Waals surface area contributed by atoms with Gasteiger partial charge in [-0.15, -0.1) is 0 Å². The van der Waals surface area contributed by atoms with E-state index >= 15 is 0 Å². The number of benzene rings is 1. The lowest BCUT2D eigenvalue weighted by Crippen LogP contribution is -2.29. The van der Waals surface area contributed by atoms with Gasteiger partial charge in [0.25, 0.3) is 0 Å². The van der Waals surface area contributed by atoms with Gasteiger partial charge >= 0.3 is 0 Å². The fraction of sp³-hybridized carbons (Fsp3) is 0.571. The molecule has 1 aromatic rings. The molecule has 0 N–H and O–H groups in total. The first-order valence-electron chi connectivity index (χ1n) is 5.89. The van der Waals surface area contributed by atoms with Crippen LogP contribution in [0.15, 0.2) is 24.3 Å². The Labute approximate surface area is 95.7 Å². The number of rotatable bonds is 3. The molecule has 0 spiro atoms. The minimum absolute atomic E-state index is 0.692. The van der Waals surface area contributed by atoms with Crippen LogP contribution in [0.4, 0.5) is 0 Å². The maximum absolute atomic E-state index is 2.46. The molecule has 0 bridgehead atoms. The van der Waals surface area contributed by atoms with E-state index in [9.17, 15) is 0 Å². The summed E-state index contributed by atoms with van der Waals surface area (Å²) >= 11 is 0. The van der Waals surface area contributed by atoms with Crippen molar-refractivity contribution in [2.45, 2.75) is 51.9 Å². The van der Waals surface area contributed by atoms with Gasteiger partial charge in [0.15, 0.2) is 0 Å². The van der Waals surface area contributed by atoms with E-state index in [2.05, 4.69) is 64.7 Å². The number of hydrogen-bond donors (Lipinski definition) is 0. The zero-order valence-electron chi connectivity index (χ0n) is 11.0. The summed E-state index contributed by atoms with van der Waals surface area (Å²) in [6.07, 6.45) is 0. The van der Waals surface area contributed by atoms with Crippen molar-refractivity contribution in [1.82, 2.24) is 0 Å². The maximum atomic E-state index is 2.46. The first kappa shape index (κ1) is 12.5. The van der Waals surface area contributed by atoms with Crippen molar-refractivity contribution in [2.75, 3.05) is 0 Å². The van der Waals surface area contributed by atoms with Crippen molar-refractivity contribution >= 4 is 8.07 Å². The van der Waals surface area contributed by atoms with Crippen molar-refractivity contribution in [3.8, 4) is 0 Å². The Bertz CT molecular complexity index is 322. The molecule has 0 aliphatic heterocycles. The van der Waals surface area contributed by atoms with E-state index < -0.39 is 8.07 Å². The average Bonchev–Trinajstić information content (AvgIpc) is 2.15.